The van der Waals surface area contributed by atoms with Crippen molar-refractivity contribution < 1.29 is 4.79 Å². The lowest BCUT2D eigenvalue weighted by molar-refractivity contribution is 0.102. The van der Waals surface area contributed by atoms with Gasteiger partial charge in [0.2, 0.25) is 0 Å². The minimum absolute atomic E-state index is 0.157. The number of para-hydroxylation sites is 1. The first-order valence-corrected chi connectivity index (χ1v) is 10.4. The molecule has 1 aromatic heterocycles. The van der Waals surface area contributed by atoms with Gasteiger partial charge in [-0.15, -0.1) is 0 Å². The summed E-state index contributed by atoms with van der Waals surface area (Å²) in [7, 11) is 0. The molecular weight excluding hydrogens is 408 g/mol. The van der Waals surface area contributed by atoms with E-state index in [1.54, 1.807) is 16.8 Å². The number of hydrogen-bond acceptors (Lipinski definition) is 3. The molecule has 0 atom stereocenters. The zero-order chi connectivity index (χ0) is 22.0. The van der Waals surface area contributed by atoms with E-state index in [4.69, 9.17) is 17.3 Å². The van der Waals surface area contributed by atoms with Crippen LogP contribution in [-0.2, 0) is 0 Å². The van der Waals surface area contributed by atoms with E-state index in [2.05, 4.69) is 24.3 Å². The number of carbonyl (C=O) groups excluding carboxylic acids is 1. The van der Waals surface area contributed by atoms with Crippen LogP contribution in [0.5, 0.6) is 0 Å². The minimum Gasteiger partial charge on any atom is -0.384 e. The number of anilines is 2. The Bertz CT molecular complexity index is 1210. The summed E-state index contributed by atoms with van der Waals surface area (Å²) in [6.07, 6.45) is 0. The molecule has 0 bridgehead atoms. The van der Waals surface area contributed by atoms with Gasteiger partial charge in [-0.25, -0.2) is 4.68 Å². The number of carbonyl (C=O) groups is 1. The molecule has 6 heteroatoms. The number of benzene rings is 3. The smallest absolute Gasteiger partial charge is 0.255 e. The molecule has 5 nitrogen and oxygen atoms in total. The van der Waals surface area contributed by atoms with Crippen molar-refractivity contribution in [1.29, 1.82) is 0 Å². The maximum Gasteiger partial charge on any atom is 0.255 e. The normalized spacial score (nSPS) is 11.0. The molecule has 3 aromatic carbocycles. The molecule has 4 rings (SSSR count). The van der Waals surface area contributed by atoms with E-state index < -0.39 is 0 Å². The standard InChI is InChI=1S/C25H23ClN4O/c1-16(2)21-5-3-4-6-22(21)28-25(31)18-9-13-20(14-10-18)30-24(27)15-23(29-30)17-7-11-19(26)12-8-17/h3-16H,27H2,1-2H3,(H,28,31). The third-order valence-corrected chi connectivity index (χ3v) is 5.33. The molecule has 0 radical (unpaired) electrons. The molecule has 4 aromatic rings. The number of rotatable bonds is 5. The lowest BCUT2D eigenvalue weighted by Crippen LogP contribution is -2.14. The fraction of sp³-hybridized carbons (Fsp3) is 0.120. The van der Waals surface area contributed by atoms with Crippen molar-refractivity contribution in [3.8, 4) is 16.9 Å². The van der Waals surface area contributed by atoms with Gasteiger partial charge in [-0.2, -0.15) is 5.10 Å². The van der Waals surface area contributed by atoms with Crippen LogP contribution >= 0.6 is 11.6 Å². The van der Waals surface area contributed by atoms with Crippen LogP contribution in [0, 0.1) is 0 Å². The molecule has 0 spiro atoms. The number of halogens is 1. The van der Waals surface area contributed by atoms with Gasteiger partial charge in [0.15, 0.2) is 0 Å². The number of amides is 1. The van der Waals surface area contributed by atoms with Crippen molar-refractivity contribution in [3.63, 3.8) is 0 Å². The Hall–Kier alpha value is -3.57. The fourth-order valence-corrected chi connectivity index (χ4v) is 3.55. The van der Waals surface area contributed by atoms with Gasteiger partial charge < -0.3 is 11.1 Å². The molecule has 156 valence electrons. The van der Waals surface area contributed by atoms with Crippen LogP contribution in [0.2, 0.25) is 5.02 Å². The fourth-order valence-electron chi connectivity index (χ4n) is 3.43. The number of nitrogen functional groups attached to an aromatic ring is 1. The average molecular weight is 431 g/mol. The van der Waals surface area contributed by atoms with E-state index in [1.807, 2.05) is 66.7 Å². The van der Waals surface area contributed by atoms with E-state index in [0.717, 1.165) is 28.2 Å². The third-order valence-electron chi connectivity index (χ3n) is 5.08. The zero-order valence-electron chi connectivity index (χ0n) is 17.3. The topological polar surface area (TPSA) is 72.9 Å². The SMILES string of the molecule is CC(C)c1ccccc1NC(=O)c1ccc(-n2nc(-c3ccc(Cl)cc3)cc2N)cc1. The molecule has 0 aliphatic carbocycles. The Morgan fingerprint density at radius 3 is 2.35 bits per heavy atom. The van der Waals surface area contributed by atoms with Gasteiger partial charge in [-0.3, -0.25) is 4.79 Å². The van der Waals surface area contributed by atoms with E-state index in [0.29, 0.717) is 22.3 Å². The second-order valence-corrected chi connectivity index (χ2v) is 8.05. The van der Waals surface area contributed by atoms with Crippen LogP contribution in [0.1, 0.15) is 35.7 Å². The van der Waals surface area contributed by atoms with Crippen molar-refractivity contribution in [3.05, 3.63) is 95.0 Å². The molecule has 0 fully saturated rings. The second-order valence-electron chi connectivity index (χ2n) is 7.62. The molecule has 1 amide bonds. The van der Waals surface area contributed by atoms with Gasteiger partial charge in [-0.05, 0) is 53.9 Å². The van der Waals surface area contributed by atoms with Gasteiger partial charge in [0, 0.05) is 27.9 Å². The van der Waals surface area contributed by atoms with Crippen LogP contribution in [0.3, 0.4) is 0 Å². The van der Waals surface area contributed by atoms with E-state index in [9.17, 15) is 4.79 Å². The first-order valence-electron chi connectivity index (χ1n) is 10.0. The first-order chi connectivity index (χ1) is 14.9. The van der Waals surface area contributed by atoms with E-state index in [-0.39, 0.29) is 5.91 Å². The largest absolute Gasteiger partial charge is 0.384 e. The third kappa shape index (κ3) is 4.47. The summed E-state index contributed by atoms with van der Waals surface area (Å²) in [6, 6.07) is 24.3. The van der Waals surface area contributed by atoms with Gasteiger partial charge in [0.1, 0.15) is 5.82 Å². The molecule has 1 heterocycles. The highest BCUT2D eigenvalue weighted by Crippen LogP contribution is 2.26. The van der Waals surface area contributed by atoms with Gasteiger partial charge in [0.25, 0.3) is 5.91 Å². The van der Waals surface area contributed by atoms with Crippen molar-refractivity contribution in [1.82, 2.24) is 9.78 Å². The summed E-state index contributed by atoms with van der Waals surface area (Å²) in [6.45, 7) is 4.21. The summed E-state index contributed by atoms with van der Waals surface area (Å²) < 4.78 is 1.65. The van der Waals surface area contributed by atoms with Crippen LogP contribution in [0.4, 0.5) is 11.5 Å². The molecule has 3 N–H and O–H groups in total. The van der Waals surface area contributed by atoms with Crippen LogP contribution < -0.4 is 11.1 Å². The molecule has 0 aliphatic rings. The van der Waals surface area contributed by atoms with Gasteiger partial charge >= 0.3 is 0 Å². The van der Waals surface area contributed by atoms with Gasteiger partial charge in [-0.1, -0.05) is 55.8 Å². The van der Waals surface area contributed by atoms with Crippen molar-refractivity contribution in [2.75, 3.05) is 11.1 Å². The zero-order valence-corrected chi connectivity index (χ0v) is 18.1. The number of nitrogens with zero attached hydrogens (tertiary/aromatic N) is 2. The summed E-state index contributed by atoms with van der Waals surface area (Å²) in [4.78, 5) is 12.8. The highest BCUT2D eigenvalue weighted by molar-refractivity contribution is 6.30. The maximum atomic E-state index is 12.8. The summed E-state index contributed by atoms with van der Waals surface area (Å²) in [5.74, 6) is 0.666. The molecule has 0 aliphatic heterocycles. The quantitative estimate of drug-likeness (QED) is 0.398. The molecular formula is C25H23ClN4O. The highest BCUT2D eigenvalue weighted by Gasteiger charge is 2.13. The minimum atomic E-state index is -0.157. The lowest BCUT2D eigenvalue weighted by Gasteiger charge is -2.14. The Kier molecular flexibility index (Phi) is 5.78. The summed E-state index contributed by atoms with van der Waals surface area (Å²) in [5, 5.41) is 8.28. The van der Waals surface area contributed by atoms with E-state index >= 15 is 0 Å². The molecule has 31 heavy (non-hydrogen) atoms. The van der Waals surface area contributed by atoms with Crippen molar-refractivity contribution in [2.24, 2.45) is 0 Å². The van der Waals surface area contributed by atoms with Gasteiger partial charge in [0.05, 0.1) is 11.4 Å². The highest BCUT2D eigenvalue weighted by atomic mass is 35.5. The van der Waals surface area contributed by atoms with Crippen LogP contribution in [0.25, 0.3) is 16.9 Å². The number of nitrogens with one attached hydrogen (secondary N) is 1. The Labute approximate surface area is 186 Å². The number of aromatic nitrogens is 2. The number of hydrogen-bond donors (Lipinski definition) is 2. The Morgan fingerprint density at radius 2 is 1.68 bits per heavy atom. The van der Waals surface area contributed by atoms with Crippen LogP contribution in [-0.4, -0.2) is 15.7 Å². The van der Waals surface area contributed by atoms with Crippen molar-refractivity contribution in [2.45, 2.75) is 19.8 Å². The lowest BCUT2D eigenvalue weighted by atomic mass is 10.0. The summed E-state index contributed by atoms with van der Waals surface area (Å²) in [5.41, 5.74) is 11.1. The average Bonchev–Trinajstić information content (AvgIpc) is 3.16. The Balaban J connectivity index is 1.55. The van der Waals surface area contributed by atoms with Crippen molar-refractivity contribution >= 4 is 29.0 Å². The predicted octanol–water partition coefficient (Wildman–Crippen LogP) is 6.15. The second kappa shape index (κ2) is 8.66. The van der Waals surface area contributed by atoms with Crippen LogP contribution in [0.15, 0.2) is 78.9 Å². The first kappa shape index (κ1) is 20.7. The monoisotopic (exact) mass is 430 g/mol. The maximum absolute atomic E-state index is 12.8. The number of nitrogens with two attached hydrogens (primary N) is 1. The molecule has 0 saturated carbocycles. The summed E-state index contributed by atoms with van der Waals surface area (Å²) >= 11 is 5.96. The molecule has 0 unspecified atom stereocenters. The predicted molar refractivity (Wildman–Crippen MR) is 127 cm³/mol. The molecule has 0 saturated heterocycles. The van der Waals surface area contributed by atoms with E-state index in [1.165, 1.54) is 0 Å². The Morgan fingerprint density at radius 1 is 1.00 bits per heavy atom.